The van der Waals surface area contributed by atoms with E-state index in [2.05, 4.69) is 30.0 Å². The minimum absolute atomic E-state index is 0.201. The molecule has 0 radical (unpaired) electrons. The highest BCUT2D eigenvalue weighted by Gasteiger charge is 2.05. The van der Waals surface area contributed by atoms with Crippen LogP contribution in [-0.2, 0) is 6.61 Å². The Morgan fingerprint density at radius 3 is 2.71 bits per heavy atom. The molecule has 0 N–H and O–H groups in total. The fourth-order valence-electron chi connectivity index (χ4n) is 1.97. The molecule has 0 bridgehead atoms. The summed E-state index contributed by atoms with van der Waals surface area (Å²) in [6.07, 6.45) is 0. The third-order valence-electron chi connectivity index (χ3n) is 3.12. The smallest absolute Gasteiger partial charge is 0.135 e. The van der Waals surface area contributed by atoms with Crippen molar-refractivity contribution in [1.82, 2.24) is 0 Å². The van der Waals surface area contributed by atoms with Gasteiger partial charge in [0.15, 0.2) is 0 Å². The largest absolute Gasteiger partial charge is 0.488 e. The monoisotopic (exact) mass is 302 g/mol. The van der Waals surface area contributed by atoms with E-state index < -0.39 is 0 Å². The third-order valence-corrected chi connectivity index (χ3v) is 3.25. The Kier molecular flexibility index (Phi) is 5.25. The van der Waals surface area contributed by atoms with Gasteiger partial charge < -0.3 is 4.74 Å². The lowest BCUT2D eigenvalue weighted by atomic mass is 10.1. The Labute approximate surface area is 129 Å². The summed E-state index contributed by atoms with van der Waals surface area (Å²) in [4.78, 5) is 0. The minimum atomic E-state index is -0.340. The van der Waals surface area contributed by atoms with Crippen molar-refractivity contribution in [3.8, 4) is 17.6 Å². The predicted molar refractivity (Wildman–Crippen MR) is 84.2 cm³/mol. The van der Waals surface area contributed by atoms with Crippen molar-refractivity contribution in [2.45, 2.75) is 20.5 Å². The van der Waals surface area contributed by atoms with Crippen LogP contribution in [0.2, 0.25) is 0 Å². The van der Waals surface area contributed by atoms with Crippen molar-refractivity contribution < 1.29 is 9.13 Å². The van der Waals surface area contributed by atoms with Crippen molar-refractivity contribution in [1.29, 1.82) is 0 Å². The molecular weight excluding hydrogens is 287 g/mol. The SMILES string of the molecule is Cc1ccc(C)c(COc2ccc(F)cc2C#CCCl)c1. The molecule has 0 heterocycles. The van der Waals surface area contributed by atoms with E-state index in [9.17, 15) is 4.39 Å². The van der Waals surface area contributed by atoms with Crippen LogP contribution < -0.4 is 4.74 Å². The number of halogens is 2. The number of hydrogen-bond donors (Lipinski definition) is 0. The molecule has 0 aromatic heterocycles. The van der Waals surface area contributed by atoms with Gasteiger partial charge in [0.2, 0.25) is 0 Å². The lowest BCUT2D eigenvalue weighted by molar-refractivity contribution is 0.304. The number of rotatable bonds is 3. The van der Waals surface area contributed by atoms with Gasteiger partial charge in [-0.25, -0.2) is 4.39 Å². The zero-order chi connectivity index (χ0) is 15.2. The normalized spacial score (nSPS) is 9.90. The van der Waals surface area contributed by atoms with Crippen LogP contribution in [-0.4, -0.2) is 5.88 Å². The Morgan fingerprint density at radius 1 is 1.14 bits per heavy atom. The topological polar surface area (TPSA) is 9.23 Å². The first-order valence-electron chi connectivity index (χ1n) is 6.63. The Bertz CT molecular complexity index is 698. The molecule has 0 saturated carbocycles. The fourth-order valence-corrected chi connectivity index (χ4v) is 2.03. The average molecular weight is 303 g/mol. The van der Waals surface area contributed by atoms with Gasteiger partial charge in [-0.2, -0.15) is 0 Å². The molecule has 108 valence electrons. The second kappa shape index (κ2) is 7.15. The van der Waals surface area contributed by atoms with E-state index in [1.807, 2.05) is 13.8 Å². The van der Waals surface area contributed by atoms with Gasteiger partial charge >= 0.3 is 0 Å². The van der Waals surface area contributed by atoms with Gasteiger partial charge in [-0.1, -0.05) is 35.6 Å². The van der Waals surface area contributed by atoms with Gasteiger partial charge in [0.25, 0.3) is 0 Å². The first kappa shape index (κ1) is 15.4. The summed E-state index contributed by atoms with van der Waals surface area (Å²) < 4.78 is 19.1. The Hall–Kier alpha value is -1.98. The maximum atomic E-state index is 13.3. The second-order valence-corrected chi connectivity index (χ2v) is 5.06. The summed E-state index contributed by atoms with van der Waals surface area (Å²) >= 11 is 5.55. The summed E-state index contributed by atoms with van der Waals surface area (Å²) in [6, 6.07) is 10.5. The average Bonchev–Trinajstić information content (AvgIpc) is 2.47. The predicted octanol–water partition coefficient (Wildman–Crippen LogP) is 4.61. The fraction of sp³-hybridized carbons (Fsp3) is 0.222. The molecular formula is C18H16ClFO. The highest BCUT2D eigenvalue weighted by molar-refractivity contribution is 6.19. The van der Waals surface area contributed by atoms with Gasteiger partial charge in [-0.15, -0.1) is 11.6 Å². The summed E-state index contributed by atoms with van der Waals surface area (Å²) in [5.74, 6) is 5.96. The Morgan fingerprint density at radius 2 is 1.95 bits per heavy atom. The van der Waals surface area contributed by atoms with Crippen molar-refractivity contribution >= 4 is 11.6 Å². The van der Waals surface area contributed by atoms with Crippen LogP contribution in [0.1, 0.15) is 22.3 Å². The summed E-state index contributed by atoms with van der Waals surface area (Å²) in [7, 11) is 0. The molecule has 3 heteroatoms. The van der Waals surface area contributed by atoms with E-state index in [4.69, 9.17) is 16.3 Å². The van der Waals surface area contributed by atoms with Gasteiger partial charge in [0.05, 0.1) is 11.4 Å². The third kappa shape index (κ3) is 4.24. The van der Waals surface area contributed by atoms with Crippen LogP contribution in [0, 0.1) is 31.5 Å². The quantitative estimate of drug-likeness (QED) is 0.594. The molecule has 21 heavy (non-hydrogen) atoms. The van der Waals surface area contributed by atoms with E-state index in [1.54, 1.807) is 6.07 Å². The highest BCUT2D eigenvalue weighted by atomic mass is 35.5. The van der Waals surface area contributed by atoms with Gasteiger partial charge in [-0.05, 0) is 43.2 Å². The molecule has 0 aliphatic heterocycles. The van der Waals surface area contributed by atoms with Crippen molar-refractivity contribution in [3.05, 3.63) is 64.5 Å². The molecule has 1 nitrogen and oxygen atoms in total. The zero-order valence-corrected chi connectivity index (χ0v) is 12.8. The molecule has 0 saturated heterocycles. The van der Waals surface area contributed by atoms with Crippen LogP contribution in [0.3, 0.4) is 0 Å². The maximum Gasteiger partial charge on any atom is 0.135 e. The molecule has 0 fully saturated rings. The molecule has 0 aliphatic rings. The van der Waals surface area contributed by atoms with Crippen LogP contribution >= 0.6 is 11.6 Å². The maximum absolute atomic E-state index is 13.3. The molecule has 2 aromatic carbocycles. The number of hydrogen-bond acceptors (Lipinski definition) is 1. The lowest BCUT2D eigenvalue weighted by Gasteiger charge is -2.11. The Balaban J connectivity index is 2.21. The first-order valence-corrected chi connectivity index (χ1v) is 7.17. The molecule has 0 atom stereocenters. The van der Waals surface area contributed by atoms with Gasteiger partial charge in [0, 0.05) is 0 Å². The molecule has 0 unspecified atom stereocenters. The lowest BCUT2D eigenvalue weighted by Crippen LogP contribution is -2.00. The van der Waals surface area contributed by atoms with E-state index in [0.717, 1.165) is 11.1 Å². The number of aryl methyl sites for hydroxylation is 2. The standard InChI is InChI=1S/C18H16ClFO/c1-13-5-6-14(2)16(10-13)12-21-18-8-7-17(20)11-15(18)4-3-9-19/h5-8,10-11H,9,12H2,1-2H3. The van der Waals surface area contributed by atoms with Crippen LogP contribution in [0.4, 0.5) is 4.39 Å². The van der Waals surface area contributed by atoms with Gasteiger partial charge in [0.1, 0.15) is 18.2 Å². The highest BCUT2D eigenvalue weighted by Crippen LogP contribution is 2.21. The van der Waals surface area contributed by atoms with Gasteiger partial charge in [-0.3, -0.25) is 0 Å². The van der Waals surface area contributed by atoms with E-state index >= 15 is 0 Å². The zero-order valence-electron chi connectivity index (χ0n) is 12.0. The van der Waals surface area contributed by atoms with E-state index in [0.29, 0.717) is 17.9 Å². The molecule has 2 aromatic rings. The molecule has 0 spiro atoms. The first-order chi connectivity index (χ1) is 10.1. The summed E-state index contributed by atoms with van der Waals surface area (Å²) in [5.41, 5.74) is 3.97. The summed E-state index contributed by atoms with van der Waals surface area (Å²) in [5, 5.41) is 0. The van der Waals surface area contributed by atoms with Crippen molar-refractivity contribution in [3.63, 3.8) is 0 Å². The van der Waals surface area contributed by atoms with Crippen LogP contribution in [0.5, 0.6) is 5.75 Å². The minimum Gasteiger partial charge on any atom is -0.488 e. The number of alkyl halides is 1. The van der Waals surface area contributed by atoms with E-state index in [-0.39, 0.29) is 11.7 Å². The van der Waals surface area contributed by atoms with Crippen LogP contribution in [0.25, 0.3) is 0 Å². The van der Waals surface area contributed by atoms with Crippen molar-refractivity contribution in [2.75, 3.05) is 5.88 Å². The summed E-state index contributed by atoms with van der Waals surface area (Å²) in [6.45, 7) is 4.50. The van der Waals surface area contributed by atoms with Crippen molar-refractivity contribution in [2.24, 2.45) is 0 Å². The number of benzene rings is 2. The van der Waals surface area contributed by atoms with Crippen LogP contribution in [0.15, 0.2) is 36.4 Å². The second-order valence-electron chi connectivity index (χ2n) is 4.79. The molecule has 0 amide bonds. The number of ether oxygens (including phenoxy) is 1. The van der Waals surface area contributed by atoms with E-state index in [1.165, 1.54) is 17.7 Å². The molecule has 0 aliphatic carbocycles. The molecule has 2 rings (SSSR count).